The van der Waals surface area contributed by atoms with Crippen LogP contribution in [0.25, 0.3) is 0 Å². The average molecular weight is 422 g/mol. The molecule has 0 spiro atoms. The summed E-state index contributed by atoms with van der Waals surface area (Å²) in [4.78, 5) is 28.3. The third kappa shape index (κ3) is 3.33. The first-order chi connectivity index (χ1) is 13.2. The maximum absolute atomic E-state index is 14.4. The van der Waals surface area contributed by atoms with Gasteiger partial charge in [-0.05, 0) is 50.2 Å². The largest absolute Gasteiger partial charge is 0.465 e. The minimum Gasteiger partial charge on any atom is -0.465 e. The molecule has 1 aliphatic rings. The molecule has 2 aromatic carbocycles. The zero-order valence-corrected chi connectivity index (χ0v) is 16.9. The molecule has 9 heteroatoms. The van der Waals surface area contributed by atoms with E-state index in [1.807, 2.05) is 6.07 Å². The van der Waals surface area contributed by atoms with Crippen LogP contribution in [0.3, 0.4) is 0 Å². The smallest absolute Gasteiger partial charge is 0.340 e. The highest BCUT2D eigenvalue weighted by Crippen LogP contribution is 2.51. The Hall–Kier alpha value is -2.60. The number of esters is 1. The number of hydrogen-bond donors (Lipinski definition) is 2. The average Bonchev–Trinajstić information content (AvgIpc) is 2.90. The van der Waals surface area contributed by atoms with Gasteiger partial charge in [-0.25, -0.2) is 14.2 Å². The molecule has 0 aromatic heterocycles. The van der Waals surface area contributed by atoms with Gasteiger partial charge < -0.3 is 4.74 Å². The standard InChI is InChI=1S/C19H17ClFN3O3S/c1-19(2)18(26)24(12-5-4-11(10-22)15(20)8-12)23-28(19)13-6-7-14(16(21)9-13)17(25)27-3/h4-9,23,28H,1-3H3. The maximum Gasteiger partial charge on any atom is 0.340 e. The van der Waals surface area contributed by atoms with Crippen molar-refractivity contribution in [3.05, 3.63) is 58.4 Å². The molecule has 28 heavy (non-hydrogen) atoms. The van der Waals surface area contributed by atoms with Crippen LogP contribution < -0.4 is 9.84 Å². The molecule has 1 atom stereocenters. The van der Waals surface area contributed by atoms with Gasteiger partial charge in [-0.2, -0.15) is 10.1 Å². The molecule has 2 aromatic rings. The number of carbonyl (C=O) groups is 2. The molecule has 1 saturated heterocycles. The molecule has 1 aliphatic heterocycles. The topological polar surface area (TPSA) is 82.4 Å². The van der Waals surface area contributed by atoms with Crippen LogP contribution in [-0.2, 0) is 9.53 Å². The van der Waals surface area contributed by atoms with Crippen LogP contribution in [-0.4, -0.2) is 23.7 Å². The van der Waals surface area contributed by atoms with Crippen LogP contribution in [0.4, 0.5) is 10.1 Å². The van der Waals surface area contributed by atoms with Gasteiger partial charge >= 0.3 is 5.97 Å². The van der Waals surface area contributed by atoms with Crippen molar-refractivity contribution in [3.8, 4) is 6.07 Å². The number of nitrogens with zero attached hydrogens (tertiary/aromatic N) is 2. The number of rotatable bonds is 3. The van der Waals surface area contributed by atoms with Crippen molar-refractivity contribution in [1.82, 2.24) is 4.83 Å². The van der Waals surface area contributed by atoms with Crippen molar-refractivity contribution in [1.29, 1.82) is 5.26 Å². The lowest BCUT2D eigenvalue weighted by atomic mass is 10.1. The summed E-state index contributed by atoms with van der Waals surface area (Å²) in [7, 11) is 1.18. The van der Waals surface area contributed by atoms with Crippen molar-refractivity contribution in [3.63, 3.8) is 0 Å². The van der Waals surface area contributed by atoms with Gasteiger partial charge in [0.1, 0.15) is 11.9 Å². The molecule has 1 fully saturated rings. The normalized spacial score (nSPS) is 19.4. The van der Waals surface area contributed by atoms with Crippen molar-refractivity contribution in [2.75, 3.05) is 12.1 Å². The fourth-order valence-electron chi connectivity index (χ4n) is 2.85. The lowest BCUT2D eigenvalue weighted by molar-refractivity contribution is -0.119. The monoisotopic (exact) mass is 421 g/mol. The molecule has 0 aliphatic carbocycles. The number of ether oxygens (including phenoxy) is 1. The van der Waals surface area contributed by atoms with Crippen LogP contribution in [0.5, 0.6) is 0 Å². The van der Waals surface area contributed by atoms with Crippen LogP contribution in [0.2, 0.25) is 5.02 Å². The van der Waals surface area contributed by atoms with Crippen molar-refractivity contribution in [2.45, 2.75) is 23.5 Å². The van der Waals surface area contributed by atoms with E-state index < -0.39 is 27.6 Å². The van der Waals surface area contributed by atoms with Crippen molar-refractivity contribution >= 4 is 40.2 Å². The van der Waals surface area contributed by atoms with Gasteiger partial charge in [0.15, 0.2) is 0 Å². The van der Waals surface area contributed by atoms with Gasteiger partial charge in [0, 0.05) is 4.90 Å². The lowest BCUT2D eigenvalue weighted by Gasteiger charge is -2.27. The predicted molar refractivity (Wildman–Crippen MR) is 106 cm³/mol. The van der Waals surface area contributed by atoms with Gasteiger partial charge in [-0.15, -0.1) is 11.1 Å². The van der Waals surface area contributed by atoms with E-state index in [-0.39, 0.29) is 16.5 Å². The minimum atomic E-state index is -1.33. The summed E-state index contributed by atoms with van der Waals surface area (Å²) in [5.41, 5.74) is 0.623. The number of hydrogen-bond acceptors (Lipinski definition) is 5. The quantitative estimate of drug-likeness (QED) is 0.582. The number of carbonyl (C=O) groups excluding carboxylic acids is 2. The Morgan fingerprint density at radius 2 is 2.04 bits per heavy atom. The molecule has 1 N–H and O–H groups in total. The molecule has 0 bridgehead atoms. The third-order valence-corrected chi connectivity index (χ3v) is 7.25. The van der Waals surface area contributed by atoms with Crippen LogP contribution in [0, 0.1) is 17.1 Å². The van der Waals surface area contributed by atoms with E-state index in [1.54, 1.807) is 26.0 Å². The van der Waals surface area contributed by atoms with Gasteiger partial charge in [-0.1, -0.05) is 11.6 Å². The Balaban J connectivity index is 1.97. The van der Waals surface area contributed by atoms with Crippen LogP contribution in [0.1, 0.15) is 29.8 Å². The Morgan fingerprint density at radius 1 is 1.32 bits per heavy atom. The highest BCUT2D eigenvalue weighted by atomic mass is 35.5. The van der Waals surface area contributed by atoms with Crippen molar-refractivity contribution in [2.24, 2.45) is 0 Å². The Morgan fingerprint density at radius 3 is 2.61 bits per heavy atom. The summed E-state index contributed by atoms with van der Waals surface area (Å²) in [6.45, 7) is 3.54. The summed E-state index contributed by atoms with van der Waals surface area (Å²) in [6.07, 6.45) is 0. The SMILES string of the molecule is COC(=O)c1ccc([SH]2NN(c3ccc(C#N)c(Cl)c3)C(=O)C2(C)C)cc1F. The second-order valence-corrected chi connectivity index (χ2v) is 9.48. The summed E-state index contributed by atoms with van der Waals surface area (Å²) >= 11 is 4.75. The Labute approximate surface area is 169 Å². The number of nitriles is 1. The highest BCUT2D eigenvalue weighted by Gasteiger charge is 2.46. The molecule has 0 radical (unpaired) electrons. The van der Waals surface area contributed by atoms with Gasteiger partial charge in [0.25, 0.3) is 5.91 Å². The minimum absolute atomic E-state index is 0.166. The number of nitrogens with one attached hydrogen (secondary N) is 1. The van der Waals surface area contributed by atoms with Gasteiger partial charge in [0.2, 0.25) is 0 Å². The van der Waals surface area contributed by atoms with E-state index in [9.17, 15) is 14.0 Å². The fourth-order valence-corrected chi connectivity index (χ4v) is 5.24. The zero-order chi connectivity index (χ0) is 20.6. The number of benzene rings is 2. The first kappa shape index (κ1) is 20.1. The molecular weight excluding hydrogens is 405 g/mol. The van der Waals surface area contributed by atoms with E-state index >= 15 is 0 Å². The Kier molecular flexibility index (Phi) is 5.35. The fraction of sp³-hybridized carbons (Fsp3) is 0.211. The van der Waals surface area contributed by atoms with E-state index in [2.05, 4.69) is 9.57 Å². The zero-order valence-electron chi connectivity index (χ0n) is 15.3. The van der Waals surface area contributed by atoms with Gasteiger partial charge in [0.05, 0.1) is 33.7 Å². The summed E-state index contributed by atoms with van der Waals surface area (Å²) in [5, 5.41) is 10.6. The number of anilines is 1. The number of amides is 1. The number of methoxy groups -OCH3 is 1. The third-order valence-electron chi connectivity index (χ3n) is 4.43. The molecule has 6 nitrogen and oxygen atoms in total. The second-order valence-electron chi connectivity index (χ2n) is 6.57. The molecular formula is C19H17ClFN3O3S. The summed E-state index contributed by atoms with van der Waals surface area (Å²) in [6, 6.07) is 10.9. The van der Waals surface area contributed by atoms with Crippen LogP contribution in [0.15, 0.2) is 41.3 Å². The molecule has 3 rings (SSSR count). The van der Waals surface area contributed by atoms with Gasteiger partial charge in [-0.3, -0.25) is 4.79 Å². The number of hydrazine groups is 1. The van der Waals surface area contributed by atoms with E-state index in [1.165, 1.54) is 36.4 Å². The predicted octanol–water partition coefficient (Wildman–Crippen LogP) is 3.74. The van der Waals surface area contributed by atoms with E-state index in [4.69, 9.17) is 16.9 Å². The molecule has 1 unspecified atom stereocenters. The van der Waals surface area contributed by atoms with Crippen LogP contribution >= 0.6 is 22.7 Å². The Bertz CT molecular complexity index is 1020. The first-order valence-corrected chi connectivity index (χ1v) is 9.91. The lowest BCUT2D eigenvalue weighted by Crippen LogP contribution is -2.37. The van der Waals surface area contributed by atoms with E-state index in [0.717, 1.165) is 0 Å². The molecule has 146 valence electrons. The second kappa shape index (κ2) is 7.43. The molecule has 1 heterocycles. The highest BCUT2D eigenvalue weighted by molar-refractivity contribution is 8.17. The summed E-state index contributed by atoms with van der Waals surface area (Å²) < 4.78 is 18.1. The molecule has 1 amide bonds. The number of halogens is 2. The number of thiol groups is 1. The molecule has 0 saturated carbocycles. The summed E-state index contributed by atoms with van der Waals surface area (Å²) in [5.74, 6) is -1.69. The van der Waals surface area contributed by atoms with E-state index in [0.29, 0.717) is 16.1 Å². The maximum atomic E-state index is 14.4. The first-order valence-electron chi connectivity index (χ1n) is 8.19. The van der Waals surface area contributed by atoms with Crippen molar-refractivity contribution < 1.29 is 18.7 Å².